The maximum Gasteiger partial charge on any atom is 0.231 e. The average molecular weight is 356 g/mol. The molecule has 0 radical (unpaired) electrons. The predicted octanol–water partition coefficient (Wildman–Crippen LogP) is 2.76. The Morgan fingerprint density at radius 3 is 2.50 bits per heavy atom. The molecule has 7 nitrogen and oxygen atoms in total. The number of phenols is 2. The first-order valence-corrected chi connectivity index (χ1v) is 8.12. The second kappa shape index (κ2) is 5.94. The molecule has 2 aromatic rings. The Bertz CT molecular complexity index is 919. The van der Waals surface area contributed by atoms with Crippen LogP contribution in [0.15, 0.2) is 18.2 Å². The molecule has 0 spiro atoms. The van der Waals surface area contributed by atoms with Crippen LogP contribution in [0.25, 0.3) is 0 Å². The van der Waals surface area contributed by atoms with Crippen LogP contribution in [0.1, 0.15) is 44.9 Å². The van der Waals surface area contributed by atoms with Crippen molar-refractivity contribution in [2.75, 3.05) is 6.79 Å². The van der Waals surface area contributed by atoms with Gasteiger partial charge in [0.15, 0.2) is 24.1 Å². The number of carbonyl (C=O) groups is 2. The lowest BCUT2D eigenvalue weighted by Crippen LogP contribution is -2.25. The largest absolute Gasteiger partial charge is 0.507 e. The Hall–Kier alpha value is -3.22. The highest BCUT2D eigenvalue weighted by Gasteiger charge is 2.35. The first-order chi connectivity index (χ1) is 12.5. The fourth-order valence-electron chi connectivity index (χ4n) is 3.50. The molecule has 0 saturated heterocycles. The fraction of sp³-hybridized carbons (Fsp3) is 0.263. The molecular formula is C19H16O7. The van der Waals surface area contributed by atoms with Crippen LogP contribution >= 0.6 is 0 Å². The van der Waals surface area contributed by atoms with Crippen molar-refractivity contribution in [3.8, 4) is 28.7 Å². The summed E-state index contributed by atoms with van der Waals surface area (Å²) in [5, 5.41) is 20.4. The molecular weight excluding hydrogens is 340 g/mol. The molecule has 0 bridgehead atoms. The number of carbonyl (C=O) groups excluding carboxylic acids is 2. The molecule has 26 heavy (non-hydrogen) atoms. The molecule has 2 aliphatic heterocycles. The number of benzene rings is 2. The Morgan fingerprint density at radius 1 is 1.04 bits per heavy atom. The summed E-state index contributed by atoms with van der Waals surface area (Å²) in [7, 11) is 0. The van der Waals surface area contributed by atoms with Gasteiger partial charge in [-0.2, -0.15) is 0 Å². The molecule has 2 N–H and O–H groups in total. The highest BCUT2D eigenvalue weighted by atomic mass is 16.7. The molecule has 2 heterocycles. The molecule has 0 aliphatic carbocycles. The van der Waals surface area contributed by atoms with E-state index in [1.165, 1.54) is 0 Å². The fourth-order valence-corrected chi connectivity index (χ4v) is 3.50. The van der Waals surface area contributed by atoms with E-state index in [9.17, 15) is 19.8 Å². The van der Waals surface area contributed by atoms with Crippen molar-refractivity contribution in [2.24, 2.45) is 5.92 Å². The molecule has 134 valence electrons. The third-order valence-electron chi connectivity index (χ3n) is 4.82. The monoisotopic (exact) mass is 356 g/mol. The minimum atomic E-state index is -0.578. The van der Waals surface area contributed by atoms with Crippen LogP contribution in [0, 0.1) is 5.92 Å². The molecule has 0 saturated carbocycles. The third kappa shape index (κ3) is 2.28. The summed E-state index contributed by atoms with van der Waals surface area (Å²) in [4.78, 5) is 22.7. The van der Waals surface area contributed by atoms with Crippen LogP contribution in [0.5, 0.6) is 28.7 Å². The minimum Gasteiger partial charge on any atom is -0.507 e. The summed E-state index contributed by atoms with van der Waals surface area (Å²) in [6.45, 7) is 2.10. The Labute approximate surface area is 148 Å². The van der Waals surface area contributed by atoms with Crippen LogP contribution in [0.2, 0.25) is 0 Å². The second-order valence-corrected chi connectivity index (χ2v) is 6.40. The van der Waals surface area contributed by atoms with E-state index in [4.69, 9.17) is 14.2 Å². The van der Waals surface area contributed by atoms with Gasteiger partial charge >= 0.3 is 0 Å². The van der Waals surface area contributed by atoms with Gasteiger partial charge in [-0.15, -0.1) is 0 Å². The summed E-state index contributed by atoms with van der Waals surface area (Å²) in [6, 6.07) is 5.45. The number of rotatable bonds is 3. The summed E-state index contributed by atoms with van der Waals surface area (Å²) in [6.07, 6.45) is 0.707. The van der Waals surface area contributed by atoms with Crippen LogP contribution in [0.3, 0.4) is 0 Å². The van der Waals surface area contributed by atoms with E-state index < -0.39 is 11.9 Å². The molecule has 2 aromatic carbocycles. The minimum absolute atomic E-state index is 0.0580. The van der Waals surface area contributed by atoms with Crippen molar-refractivity contribution in [1.82, 2.24) is 0 Å². The zero-order valence-electron chi connectivity index (χ0n) is 13.9. The van der Waals surface area contributed by atoms with Gasteiger partial charge in [-0.3, -0.25) is 9.59 Å². The smallest absolute Gasteiger partial charge is 0.231 e. The van der Waals surface area contributed by atoms with Gasteiger partial charge < -0.3 is 24.4 Å². The van der Waals surface area contributed by atoms with Crippen LogP contribution in [0.4, 0.5) is 0 Å². The van der Waals surface area contributed by atoms with Crippen molar-refractivity contribution in [3.63, 3.8) is 0 Å². The van der Waals surface area contributed by atoms with Crippen molar-refractivity contribution >= 4 is 12.6 Å². The third-order valence-corrected chi connectivity index (χ3v) is 4.82. The van der Waals surface area contributed by atoms with Crippen molar-refractivity contribution in [1.29, 1.82) is 0 Å². The second-order valence-electron chi connectivity index (χ2n) is 6.40. The molecule has 2 atom stereocenters. The van der Waals surface area contributed by atoms with Gasteiger partial charge in [0.25, 0.3) is 0 Å². The number of aromatic hydroxyl groups is 2. The molecule has 0 fully saturated rings. The molecule has 7 heteroatoms. The van der Waals surface area contributed by atoms with Crippen molar-refractivity contribution in [2.45, 2.75) is 19.4 Å². The lowest BCUT2D eigenvalue weighted by molar-refractivity contribution is 0.106. The average Bonchev–Trinajstić information content (AvgIpc) is 3.10. The standard InChI is InChI=1S/C19H16O7/c1-9-4-11-16(22)12(6-20)17(23)13(7-21)19(11)26-18(9)10-2-3-14-15(5-10)25-8-24-14/h2-3,5-7,9,18,22-23H,4,8H2,1H3. The first kappa shape index (κ1) is 16.3. The normalized spacial score (nSPS) is 20.2. The van der Waals surface area contributed by atoms with E-state index in [0.29, 0.717) is 36.1 Å². The summed E-state index contributed by atoms with van der Waals surface area (Å²) < 4.78 is 16.7. The number of hydrogen-bond donors (Lipinski definition) is 2. The van der Waals surface area contributed by atoms with E-state index in [1.54, 1.807) is 6.07 Å². The Kier molecular flexibility index (Phi) is 3.72. The van der Waals surface area contributed by atoms with Crippen LogP contribution in [-0.2, 0) is 6.42 Å². The summed E-state index contributed by atoms with van der Waals surface area (Å²) in [5.74, 6) is 0.372. The predicted molar refractivity (Wildman–Crippen MR) is 89.3 cm³/mol. The maximum atomic E-state index is 11.5. The van der Waals surface area contributed by atoms with Crippen LogP contribution < -0.4 is 14.2 Å². The summed E-state index contributed by atoms with van der Waals surface area (Å²) >= 11 is 0. The van der Waals surface area contributed by atoms with Gasteiger partial charge in [-0.25, -0.2) is 0 Å². The quantitative estimate of drug-likeness (QED) is 0.815. The lowest BCUT2D eigenvalue weighted by Gasteiger charge is -2.33. The van der Waals surface area contributed by atoms with E-state index in [1.807, 2.05) is 19.1 Å². The number of aldehydes is 2. The van der Waals surface area contributed by atoms with E-state index >= 15 is 0 Å². The Morgan fingerprint density at radius 2 is 1.77 bits per heavy atom. The van der Waals surface area contributed by atoms with Gasteiger partial charge in [0.05, 0.1) is 11.1 Å². The number of hydrogen-bond acceptors (Lipinski definition) is 7. The first-order valence-electron chi connectivity index (χ1n) is 8.12. The number of phenolic OH excluding ortho intramolecular Hbond substituents is 2. The van der Waals surface area contributed by atoms with E-state index in [0.717, 1.165) is 5.56 Å². The van der Waals surface area contributed by atoms with E-state index in [2.05, 4.69) is 0 Å². The SMILES string of the molecule is CC1Cc2c(O)c(C=O)c(O)c(C=O)c2OC1c1ccc2c(c1)OCO2. The van der Waals surface area contributed by atoms with Crippen LogP contribution in [-0.4, -0.2) is 29.6 Å². The highest BCUT2D eigenvalue weighted by Crippen LogP contribution is 2.49. The topological polar surface area (TPSA) is 102 Å². The van der Waals surface area contributed by atoms with Gasteiger partial charge in [-0.1, -0.05) is 13.0 Å². The zero-order valence-corrected chi connectivity index (χ0v) is 13.9. The molecule has 2 unspecified atom stereocenters. The highest BCUT2D eigenvalue weighted by molar-refractivity contribution is 5.95. The lowest BCUT2D eigenvalue weighted by atomic mass is 9.85. The molecule has 2 aliphatic rings. The van der Waals surface area contributed by atoms with Crippen molar-refractivity contribution in [3.05, 3.63) is 40.5 Å². The number of ether oxygens (including phenoxy) is 3. The molecule has 0 aromatic heterocycles. The van der Waals surface area contributed by atoms with Gasteiger partial charge in [-0.05, 0) is 24.1 Å². The zero-order chi connectivity index (χ0) is 18.4. The van der Waals surface area contributed by atoms with Gasteiger partial charge in [0, 0.05) is 11.5 Å². The molecule has 0 amide bonds. The van der Waals surface area contributed by atoms with Crippen molar-refractivity contribution < 1.29 is 34.0 Å². The molecule has 4 rings (SSSR count). The number of fused-ring (bicyclic) bond motifs is 2. The van der Waals surface area contributed by atoms with Gasteiger partial charge in [0.2, 0.25) is 6.79 Å². The Balaban J connectivity index is 1.81. The summed E-state index contributed by atoms with van der Waals surface area (Å²) in [5.41, 5.74) is 0.722. The maximum absolute atomic E-state index is 11.5. The van der Waals surface area contributed by atoms with E-state index in [-0.39, 0.29) is 35.3 Å². The van der Waals surface area contributed by atoms with Gasteiger partial charge in [0.1, 0.15) is 23.4 Å².